The first-order valence-corrected chi connectivity index (χ1v) is 5.84. The third kappa shape index (κ3) is 3.44. The Morgan fingerprint density at radius 3 is 2.67 bits per heavy atom. The highest BCUT2D eigenvalue weighted by Gasteiger charge is 2.09. The van der Waals surface area contributed by atoms with Gasteiger partial charge in [-0.25, -0.2) is 4.98 Å². The summed E-state index contributed by atoms with van der Waals surface area (Å²) in [7, 11) is 3.98. The zero-order valence-corrected chi connectivity index (χ0v) is 10.6. The van der Waals surface area contributed by atoms with Crippen LogP contribution < -0.4 is 10.2 Å². The van der Waals surface area contributed by atoms with Gasteiger partial charge in [-0.15, -0.1) is 11.3 Å². The van der Waals surface area contributed by atoms with Crippen LogP contribution in [0.5, 0.6) is 0 Å². The zero-order chi connectivity index (χ0) is 11.4. The Morgan fingerprint density at radius 1 is 1.53 bits per heavy atom. The molecule has 0 unspecified atom stereocenters. The molecule has 1 aromatic heterocycles. The maximum Gasteiger partial charge on any atom is 0.185 e. The molecule has 0 aliphatic heterocycles. The van der Waals surface area contributed by atoms with Crippen LogP contribution in [0.1, 0.15) is 17.5 Å². The first-order chi connectivity index (χ1) is 7.04. The molecule has 0 saturated heterocycles. The highest BCUT2D eigenvalue weighted by Crippen LogP contribution is 2.24. The fraction of sp³-hybridized carbons (Fsp3) is 0.700. The number of aromatic nitrogens is 1. The van der Waals surface area contributed by atoms with Crippen LogP contribution in [-0.4, -0.2) is 36.8 Å². The second-order valence-corrected chi connectivity index (χ2v) is 4.93. The van der Waals surface area contributed by atoms with Gasteiger partial charge in [-0.05, 0) is 13.8 Å². The highest BCUT2D eigenvalue weighted by molar-refractivity contribution is 7.15. The molecule has 1 atom stereocenters. The molecule has 1 heterocycles. The van der Waals surface area contributed by atoms with Crippen LogP contribution in [-0.2, 0) is 6.54 Å². The van der Waals surface area contributed by atoms with E-state index in [1.807, 2.05) is 32.8 Å². The Bertz CT molecular complexity index is 312. The van der Waals surface area contributed by atoms with Gasteiger partial charge in [-0.2, -0.15) is 0 Å². The largest absolute Gasteiger partial charge is 0.395 e. The minimum absolute atomic E-state index is 0.134. The fourth-order valence-corrected chi connectivity index (χ4v) is 2.03. The number of aliphatic hydroxyl groups excluding tert-OH is 1. The van der Waals surface area contributed by atoms with Crippen molar-refractivity contribution >= 4 is 16.5 Å². The first-order valence-electron chi connectivity index (χ1n) is 5.02. The quantitative estimate of drug-likeness (QED) is 0.790. The van der Waals surface area contributed by atoms with E-state index in [-0.39, 0.29) is 12.6 Å². The number of aliphatic hydroxyl groups is 1. The van der Waals surface area contributed by atoms with Gasteiger partial charge in [0.1, 0.15) is 0 Å². The minimum Gasteiger partial charge on any atom is -0.395 e. The second-order valence-electron chi connectivity index (χ2n) is 3.86. The number of nitrogens with zero attached hydrogens (tertiary/aromatic N) is 2. The van der Waals surface area contributed by atoms with Crippen molar-refractivity contribution in [3.8, 4) is 0 Å². The van der Waals surface area contributed by atoms with Crippen molar-refractivity contribution in [2.24, 2.45) is 0 Å². The summed E-state index contributed by atoms with van der Waals surface area (Å²) in [5.74, 6) is 0. The van der Waals surface area contributed by atoms with E-state index in [9.17, 15) is 0 Å². The molecule has 0 aromatic carbocycles. The van der Waals surface area contributed by atoms with Crippen molar-refractivity contribution in [3.05, 3.63) is 10.6 Å². The van der Waals surface area contributed by atoms with E-state index in [4.69, 9.17) is 5.11 Å². The molecule has 0 aliphatic carbocycles. The van der Waals surface area contributed by atoms with Crippen LogP contribution in [0.15, 0.2) is 0 Å². The summed E-state index contributed by atoms with van der Waals surface area (Å²) in [4.78, 5) is 7.70. The molecule has 15 heavy (non-hydrogen) atoms. The van der Waals surface area contributed by atoms with Crippen LogP contribution in [0.2, 0.25) is 0 Å². The third-order valence-corrected chi connectivity index (χ3v) is 3.47. The van der Waals surface area contributed by atoms with Gasteiger partial charge in [0.2, 0.25) is 0 Å². The summed E-state index contributed by atoms with van der Waals surface area (Å²) in [6.45, 7) is 4.92. The number of rotatable bonds is 5. The Morgan fingerprint density at radius 2 is 2.20 bits per heavy atom. The summed E-state index contributed by atoms with van der Waals surface area (Å²) in [6.07, 6.45) is 0. The molecule has 0 aliphatic rings. The summed E-state index contributed by atoms with van der Waals surface area (Å²) >= 11 is 1.69. The Kier molecular flexibility index (Phi) is 4.50. The number of thiazole rings is 1. The van der Waals surface area contributed by atoms with E-state index in [1.165, 1.54) is 4.88 Å². The molecule has 0 saturated carbocycles. The van der Waals surface area contributed by atoms with Crippen LogP contribution in [0.25, 0.3) is 0 Å². The van der Waals surface area contributed by atoms with Gasteiger partial charge >= 0.3 is 0 Å². The molecular weight excluding hydrogens is 210 g/mol. The Balaban J connectivity index is 2.61. The number of hydrogen-bond donors (Lipinski definition) is 2. The molecule has 86 valence electrons. The zero-order valence-electron chi connectivity index (χ0n) is 9.74. The van der Waals surface area contributed by atoms with Gasteiger partial charge < -0.3 is 15.3 Å². The second kappa shape index (κ2) is 5.44. The predicted molar refractivity (Wildman–Crippen MR) is 64.6 cm³/mol. The van der Waals surface area contributed by atoms with Crippen molar-refractivity contribution in [1.29, 1.82) is 0 Å². The molecule has 0 spiro atoms. The van der Waals surface area contributed by atoms with Crippen molar-refractivity contribution in [3.63, 3.8) is 0 Å². The van der Waals surface area contributed by atoms with Crippen LogP contribution in [0.3, 0.4) is 0 Å². The number of anilines is 1. The first kappa shape index (κ1) is 12.4. The Labute approximate surface area is 94.9 Å². The lowest BCUT2D eigenvalue weighted by Gasteiger charge is -2.09. The average molecular weight is 229 g/mol. The number of nitrogens with one attached hydrogen (secondary N) is 1. The summed E-state index contributed by atoms with van der Waals surface area (Å²) in [5, 5.41) is 13.2. The third-order valence-electron chi connectivity index (χ3n) is 2.15. The van der Waals surface area contributed by atoms with E-state index >= 15 is 0 Å². The standard InChI is InChI=1S/C10H19N3OS/c1-7(6-14)11-5-9-8(2)12-10(15-9)13(3)4/h7,11,14H,5-6H2,1-4H3/t7-/m1/s1. The molecule has 1 rings (SSSR count). The molecule has 4 nitrogen and oxygen atoms in total. The maximum absolute atomic E-state index is 8.89. The number of aryl methyl sites for hydroxylation is 1. The van der Waals surface area contributed by atoms with Crippen molar-refractivity contribution in [2.75, 3.05) is 25.6 Å². The number of hydrogen-bond acceptors (Lipinski definition) is 5. The molecular formula is C10H19N3OS. The SMILES string of the molecule is Cc1nc(N(C)C)sc1CN[C@H](C)CO. The van der Waals surface area contributed by atoms with E-state index in [0.717, 1.165) is 17.4 Å². The molecule has 2 N–H and O–H groups in total. The average Bonchev–Trinajstić information content (AvgIpc) is 2.56. The van der Waals surface area contributed by atoms with Crippen LogP contribution >= 0.6 is 11.3 Å². The van der Waals surface area contributed by atoms with Crippen molar-refractivity contribution < 1.29 is 5.11 Å². The minimum atomic E-state index is 0.134. The lowest BCUT2D eigenvalue weighted by molar-refractivity contribution is 0.251. The Hall–Kier alpha value is -0.650. The smallest absolute Gasteiger partial charge is 0.185 e. The van der Waals surface area contributed by atoms with Gasteiger partial charge in [-0.1, -0.05) is 0 Å². The molecule has 5 heteroatoms. The lowest BCUT2D eigenvalue weighted by atomic mass is 10.3. The molecule has 1 aromatic rings. The van der Waals surface area contributed by atoms with E-state index in [2.05, 4.69) is 10.3 Å². The van der Waals surface area contributed by atoms with Gasteiger partial charge in [-0.3, -0.25) is 0 Å². The predicted octanol–water partition coefficient (Wildman–Crippen LogP) is 0.988. The molecule has 0 fully saturated rings. The molecule has 0 radical (unpaired) electrons. The maximum atomic E-state index is 8.89. The summed E-state index contributed by atoms with van der Waals surface area (Å²) in [5.41, 5.74) is 1.07. The summed E-state index contributed by atoms with van der Waals surface area (Å²) < 4.78 is 0. The van der Waals surface area contributed by atoms with E-state index in [1.54, 1.807) is 11.3 Å². The van der Waals surface area contributed by atoms with Crippen LogP contribution in [0.4, 0.5) is 5.13 Å². The van der Waals surface area contributed by atoms with Gasteiger partial charge in [0, 0.05) is 31.6 Å². The summed E-state index contributed by atoms with van der Waals surface area (Å²) in [6, 6.07) is 0.134. The fourth-order valence-electron chi connectivity index (χ4n) is 1.10. The van der Waals surface area contributed by atoms with Gasteiger partial charge in [0.05, 0.1) is 12.3 Å². The topological polar surface area (TPSA) is 48.4 Å². The highest BCUT2D eigenvalue weighted by atomic mass is 32.1. The van der Waals surface area contributed by atoms with Crippen molar-refractivity contribution in [1.82, 2.24) is 10.3 Å². The van der Waals surface area contributed by atoms with Gasteiger partial charge in [0.15, 0.2) is 5.13 Å². The molecule has 0 bridgehead atoms. The van der Waals surface area contributed by atoms with E-state index < -0.39 is 0 Å². The van der Waals surface area contributed by atoms with E-state index in [0.29, 0.717) is 0 Å². The van der Waals surface area contributed by atoms with Gasteiger partial charge in [0.25, 0.3) is 0 Å². The van der Waals surface area contributed by atoms with Crippen LogP contribution in [0, 0.1) is 6.92 Å². The normalized spacial score (nSPS) is 12.9. The lowest BCUT2D eigenvalue weighted by Crippen LogP contribution is -2.28. The molecule has 0 amide bonds. The monoisotopic (exact) mass is 229 g/mol. The van der Waals surface area contributed by atoms with Crippen molar-refractivity contribution in [2.45, 2.75) is 26.4 Å².